The summed E-state index contributed by atoms with van der Waals surface area (Å²) in [7, 11) is 0. The lowest BCUT2D eigenvalue weighted by Crippen LogP contribution is -1.92. The smallest absolute Gasteiger partial charge is 0.120 e. The standard InChI is InChI=1S/C13H13BrO/c1-3-15-12-6-9(2)13-8-11(14)5-4-10(13)7-12/h4-8H,3H2,1-2H3. The van der Waals surface area contributed by atoms with Crippen LogP contribution in [0.15, 0.2) is 34.8 Å². The number of aryl methyl sites for hydroxylation is 1. The molecule has 2 rings (SSSR count). The first-order valence-corrected chi connectivity index (χ1v) is 5.82. The summed E-state index contributed by atoms with van der Waals surface area (Å²) in [4.78, 5) is 0. The predicted molar refractivity (Wildman–Crippen MR) is 67.6 cm³/mol. The van der Waals surface area contributed by atoms with E-state index < -0.39 is 0 Å². The summed E-state index contributed by atoms with van der Waals surface area (Å²) in [5.41, 5.74) is 1.25. The van der Waals surface area contributed by atoms with Gasteiger partial charge in [0.25, 0.3) is 0 Å². The highest BCUT2D eigenvalue weighted by Crippen LogP contribution is 2.27. The molecule has 0 saturated carbocycles. The van der Waals surface area contributed by atoms with Gasteiger partial charge in [0.2, 0.25) is 0 Å². The molecular weight excluding hydrogens is 252 g/mol. The molecule has 15 heavy (non-hydrogen) atoms. The SMILES string of the molecule is CCOc1cc(C)c2cc(Br)ccc2c1. The first kappa shape index (κ1) is 10.5. The minimum Gasteiger partial charge on any atom is -0.494 e. The Morgan fingerprint density at radius 2 is 2.00 bits per heavy atom. The fraction of sp³-hybridized carbons (Fsp3) is 0.231. The van der Waals surface area contributed by atoms with Crippen LogP contribution in [0.5, 0.6) is 5.75 Å². The summed E-state index contributed by atoms with van der Waals surface area (Å²) >= 11 is 3.48. The van der Waals surface area contributed by atoms with Crippen molar-refractivity contribution < 1.29 is 4.74 Å². The summed E-state index contributed by atoms with van der Waals surface area (Å²) in [5, 5.41) is 2.49. The van der Waals surface area contributed by atoms with Crippen LogP contribution in [-0.4, -0.2) is 6.61 Å². The highest BCUT2D eigenvalue weighted by atomic mass is 79.9. The van der Waals surface area contributed by atoms with E-state index in [2.05, 4.69) is 53.2 Å². The van der Waals surface area contributed by atoms with Crippen LogP contribution in [0, 0.1) is 6.92 Å². The summed E-state index contributed by atoms with van der Waals surface area (Å²) in [6.07, 6.45) is 0. The van der Waals surface area contributed by atoms with Crippen molar-refractivity contribution in [3.63, 3.8) is 0 Å². The molecular formula is C13H13BrO. The van der Waals surface area contributed by atoms with Crippen molar-refractivity contribution in [3.05, 3.63) is 40.4 Å². The number of rotatable bonds is 2. The topological polar surface area (TPSA) is 9.23 Å². The van der Waals surface area contributed by atoms with Crippen LogP contribution in [0.25, 0.3) is 10.8 Å². The lowest BCUT2D eigenvalue weighted by molar-refractivity contribution is 0.340. The minimum atomic E-state index is 0.710. The third kappa shape index (κ3) is 2.15. The quantitative estimate of drug-likeness (QED) is 0.786. The number of hydrogen-bond donors (Lipinski definition) is 0. The lowest BCUT2D eigenvalue weighted by atomic mass is 10.1. The molecule has 0 spiro atoms. The normalized spacial score (nSPS) is 10.6. The molecule has 0 radical (unpaired) electrons. The van der Waals surface area contributed by atoms with E-state index in [1.165, 1.54) is 16.3 Å². The molecule has 0 unspecified atom stereocenters. The van der Waals surface area contributed by atoms with Crippen LogP contribution < -0.4 is 4.74 Å². The molecule has 0 aromatic heterocycles. The molecule has 0 atom stereocenters. The van der Waals surface area contributed by atoms with E-state index in [1.54, 1.807) is 0 Å². The Labute approximate surface area is 98.2 Å². The van der Waals surface area contributed by atoms with Crippen molar-refractivity contribution >= 4 is 26.7 Å². The molecule has 2 aromatic rings. The molecule has 2 heteroatoms. The summed E-state index contributed by atoms with van der Waals surface area (Å²) in [6.45, 7) is 4.82. The molecule has 0 N–H and O–H groups in total. The number of benzene rings is 2. The monoisotopic (exact) mass is 264 g/mol. The van der Waals surface area contributed by atoms with E-state index in [1.807, 2.05) is 6.92 Å². The van der Waals surface area contributed by atoms with Crippen LogP contribution in [-0.2, 0) is 0 Å². The van der Waals surface area contributed by atoms with Gasteiger partial charge in [0.05, 0.1) is 6.61 Å². The van der Waals surface area contributed by atoms with Crippen LogP contribution in [0.1, 0.15) is 12.5 Å². The van der Waals surface area contributed by atoms with E-state index in [-0.39, 0.29) is 0 Å². The first-order valence-electron chi connectivity index (χ1n) is 5.03. The van der Waals surface area contributed by atoms with Gasteiger partial charge < -0.3 is 4.74 Å². The van der Waals surface area contributed by atoms with Gasteiger partial charge in [-0.15, -0.1) is 0 Å². The maximum Gasteiger partial charge on any atom is 0.120 e. The van der Waals surface area contributed by atoms with Gasteiger partial charge in [-0.05, 0) is 54.4 Å². The fourth-order valence-electron chi connectivity index (χ4n) is 1.73. The third-order valence-electron chi connectivity index (χ3n) is 2.41. The van der Waals surface area contributed by atoms with Crippen LogP contribution in [0.3, 0.4) is 0 Å². The Hall–Kier alpha value is -1.02. The minimum absolute atomic E-state index is 0.710. The van der Waals surface area contributed by atoms with E-state index >= 15 is 0 Å². The second-order valence-electron chi connectivity index (χ2n) is 3.54. The third-order valence-corrected chi connectivity index (χ3v) is 2.90. The number of fused-ring (bicyclic) bond motifs is 1. The molecule has 2 aromatic carbocycles. The Bertz CT molecular complexity index is 491. The molecule has 0 aliphatic carbocycles. The van der Waals surface area contributed by atoms with Crippen molar-refractivity contribution in [3.8, 4) is 5.75 Å². The summed E-state index contributed by atoms with van der Waals surface area (Å²) in [6, 6.07) is 10.5. The van der Waals surface area contributed by atoms with Gasteiger partial charge in [0.1, 0.15) is 5.75 Å². The summed E-state index contributed by atoms with van der Waals surface area (Å²) in [5.74, 6) is 0.949. The Balaban J connectivity index is 2.62. The maximum atomic E-state index is 5.51. The van der Waals surface area contributed by atoms with Gasteiger partial charge in [0, 0.05) is 4.47 Å². The highest BCUT2D eigenvalue weighted by Gasteiger charge is 2.01. The number of halogens is 1. The molecule has 0 aliphatic heterocycles. The van der Waals surface area contributed by atoms with Gasteiger partial charge in [-0.3, -0.25) is 0 Å². The van der Waals surface area contributed by atoms with Crippen molar-refractivity contribution in [1.29, 1.82) is 0 Å². The zero-order valence-electron chi connectivity index (χ0n) is 8.88. The van der Waals surface area contributed by atoms with Crippen molar-refractivity contribution in [2.24, 2.45) is 0 Å². The molecule has 0 amide bonds. The van der Waals surface area contributed by atoms with E-state index in [0.29, 0.717) is 6.61 Å². The molecule has 78 valence electrons. The van der Waals surface area contributed by atoms with Crippen molar-refractivity contribution in [1.82, 2.24) is 0 Å². The number of hydrogen-bond acceptors (Lipinski definition) is 1. The molecule has 0 fully saturated rings. The molecule has 0 aliphatic rings. The Kier molecular flexibility index (Phi) is 2.96. The van der Waals surface area contributed by atoms with Gasteiger partial charge in [-0.1, -0.05) is 22.0 Å². The lowest BCUT2D eigenvalue weighted by Gasteiger charge is -2.08. The average molecular weight is 265 g/mol. The first-order chi connectivity index (χ1) is 7.20. The predicted octanol–water partition coefficient (Wildman–Crippen LogP) is 4.31. The van der Waals surface area contributed by atoms with Gasteiger partial charge in [-0.25, -0.2) is 0 Å². The van der Waals surface area contributed by atoms with E-state index in [9.17, 15) is 0 Å². The largest absolute Gasteiger partial charge is 0.494 e. The Morgan fingerprint density at radius 1 is 1.20 bits per heavy atom. The van der Waals surface area contributed by atoms with Gasteiger partial charge >= 0.3 is 0 Å². The molecule has 1 nitrogen and oxygen atoms in total. The van der Waals surface area contributed by atoms with Crippen molar-refractivity contribution in [2.75, 3.05) is 6.61 Å². The van der Waals surface area contributed by atoms with Crippen LogP contribution in [0.2, 0.25) is 0 Å². The zero-order chi connectivity index (χ0) is 10.8. The second kappa shape index (κ2) is 4.23. The second-order valence-corrected chi connectivity index (χ2v) is 4.45. The Morgan fingerprint density at radius 3 is 2.73 bits per heavy atom. The summed E-state index contributed by atoms with van der Waals surface area (Å²) < 4.78 is 6.63. The van der Waals surface area contributed by atoms with Gasteiger partial charge in [0.15, 0.2) is 0 Å². The van der Waals surface area contributed by atoms with E-state index in [0.717, 1.165) is 10.2 Å². The molecule has 0 heterocycles. The number of ether oxygens (including phenoxy) is 1. The van der Waals surface area contributed by atoms with Crippen molar-refractivity contribution in [2.45, 2.75) is 13.8 Å². The fourth-order valence-corrected chi connectivity index (χ4v) is 2.09. The molecule has 0 bridgehead atoms. The van der Waals surface area contributed by atoms with Crippen LogP contribution >= 0.6 is 15.9 Å². The maximum absolute atomic E-state index is 5.51. The van der Waals surface area contributed by atoms with E-state index in [4.69, 9.17) is 4.74 Å². The molecule has 0 saturated heterocycles. The average Bonchev–Trinajstić information content (AvgIpc) is 2.20. The van der Waals surface area contributed by atoms with Gasteiger partial charge in [-0.2, -0.15) is 0 Å². The van der Waals surface area contributed by atoms with Crippen LogP contribution in [0.4, 0.5) is 0 Å². The highest BCUT2D eigenvalue weighted by molar-refractivity contribution is 9.10. The zero-order valence-corrected chi connectivity index (χ0v) is 10.5.